The summed E-state index contributed by atoms with van der Waals surface area (Å²) in [5.74, 6) is -0.595. The monoisotopic (exact) mass is 716 g/mol. The first-order chi connectivity index (χ1) is 24.3. The van der Waals surface area contributed by atoms with Gasteiger partial charge in [-0.2, -0.15) is 0 Å². The van der Waals surface area contributed by atoms with Crippen molar-refractivity contribution in [2.75, 3.05) is 13.2 Å². The molecular formula is C40H77NO9. The summed E-state index contributed by atoms with van der Waals surface area (Å²) in [6.45, 7) is 3.61. The lowest BCUT2D eigenvalue weighted by atomic mass is 9.99. The molecule has 1 aliphatic rings. The molecule has 0 aromatic carbocycles. The van der Waals surface area contributed by atoms with E-state index in [1.165, 1.54) is 96.3 Å². The average Bonchev–Trinajstić information content (AvgIpc) is 3.11. The van der Waals surface area contributed by atoms with Crippen LogP contribution < -0.4 is 5.32 Å². The van der Waals surface area contributed by atoms with Crippen LogP contribution in [0, 0.1) is 0 Å². The maximum atomic E-state index is 13.0. The van der Waals surface area contributed by atoms with E-state index in [1.807, 2.05) is 0 Å². The van der Waals surface area contributed by atoms with Gasteiger partial charge in [0.25, 0.3) is 0 Å². The largest absolute Gasteiger partial charge is 0.394 e. The summed E-state index contributed by atoms with van der Waals surface area (Å²) in [5, 5.41) is 64.5. The predicted octanol–water partition coefficient (Wildman–Crippen LogP) is 6.36. The Morgan fingerprint density at radius 3 is 1.64 bits per heavy atom. The minimum Gasteiger partial charge on any atom is -0.394 e. The Balaban J connectivity index is 2.49. The molecule has 1 aliphatic heterocycles. The lowest BCUT2D eigenvalue weighted by Crippen LogP contribution is -2.60. The van der Waals surface area contributed by atoms with Crippen LogP contribution in [0.2, 0.25) is 0 Å². The molecule has 1 fully saturated rings. The van der Waals surface area contributed by atoms with Gasteiger partial charge in [0.2, 0.25) is 5.91 Å². The van der Waals surface area contributed by atoms with Crippen molar-refractivity contribution >= 4 is 5.91 Å². The number of hydrogen-bond donors (Lipinski definition) is 7. The van der Waals surface area contributed by atoms with Gasteiger partial charge in [0.05, 0.1) is 25.4 Å². The quantitative estimate of drug-likeness (QED) is 0.0302. The Labute approximate surface area is 304 Å². The average molecular weight is 716 g/mol. The fourth-order valence-corrected chi connectivity index (χ4v) is 6.51. The summed E-state index contributed by atoms with van der Waals surface area (Å²) in [6.07, 6.45) is 22.6. The number of carbonyl (C=O) groups excluding carboxylic acids is 1. The third kappa shape index (κ3) is 22.1. The molecule has 296 valence electrons. The van der Waals surface area contributed by atoms with Gasteiger partial charge in [0.1, 0.15) is 30.5 Å². The van der Waals surface area contributed by atoms with E-state index in [1.54, 1.807) is 0 Å². The molecule has 1 saturated heterocycles. The van der Waals surface area contributed by atoms with Crippen molar-refractivity contribution in [1.29, 1.82) is 0 Å². The molecule has 10 nitrogen and oxygen atoms in total. The summed E-state index contributed by atoms with van der Waals surface area (Å²) in [5.41, 5.74) is 0. The summed E-state index contributed by atoms with van der Waals surface area (Å²) < 4.78 is 11.1. The number of aliphatic hydroxyl groups is 6. The van der Waals surface area contributed by atoms with Crippen molar-refractivity contribution in [3.63, 3.8) is 0 Å². The van der Waals surface area contributed by atoms with Crippen LogP contribution in [0.4, 0.5) is 0 Å². The molecule has 10 heteroatoms. The standard InChI is InChI=1S/C40H77NO9/c1-3-5-7-9-11-13-15-17-19-20-22-24-26-28-33(43)32(31-49-40-38(47)37(46)36(45)35(30-42)50-40)41-39(48)34(44)29-27-25-23-21-18-16-14-12-10-8-6-4-2/h19-20,32-38,40,42-47H,3-18,21-31H2,1-2H3,(H,41,48)/b20-19-/t32-,33+,34+,35+,36+,37?,38?,40+/m0/s1. The highest BCUT2D eigenvalue weighted by molar-refractivity contribution is 5.80. The zero-order chi connectivity index (χ0) is 36.8. The second-order valence-corrected chi connectivity index (χ2v) is 14.6. The van der Waals surface area contributed by atoms with Crippen LogP contribution in [-0.2, 0) is 14.3 Å². The molecule has 1 heterocycles. The number of allylic oxidation sites excluding steroid dienone is 2. The molecule has 0 spiro atoms. The molecule has 1 amide bonds. The Bertz CT molecular complexity index is 814. The fourth-order valence-electron chi connectivity index (χ4n) is 6.51. The van der Waals surface area contributed by atoms with Crippen molar-refractivity contribution in [2.24, 2.45) is 0 Å². The van der Waals surface area contributed by atoms with E-state index in [0.29, 0.717) is 12.8 Å². The summed E-state index contributed by atoms with van der Waals surface area (Å²) in [7, 11) is 0. The van der Waals surface area contributed by atoms with Crippen molar-refractivity contribution in [1.82, 2.24) is 5.32 Å². The summed E-state index contributed by atoms with van der Waals surface area (Å²) >= 11 is 0. The Kier molecular flexibility index (Phi) is 29.5. The highest BCUT2D eigenvalue weighted by Gasteiger charge is 2.44. The zero-order valence-electron chi connectivity index (χ0n) is 31.8. The third-order valence-corrected chi connectivity index (χ3v) is 9.98. The number of rotatable bonds is 33. The van der Waals surface area contributed by atoms with Crippen LogP contribution in [0.25, 0.3) is 0 Å². The van der Waals surface area contributed by atoms with E-state index in [-0.39, 0.29) is 6.61 Å². The van der Waals surface area contributed by atoms with Crippen LogP contribution in [0.3, 0.4) is 0 Å². The van der Waals surface area contributed by atoms with Gasteiger partial charge in [0, 0.05) is 0 Å². The number of carbonyl (C=O) groups is 1. The number of unbranched alkanes of at least 4 members (excludes halogenated alkanes) is 20. The minimum atomic E-state index is -1.60. The second kappa shape index (κ2) is 31.4. The first kappa shape index (κ1) is 46.9. The van der Waals surface area contributed by atoms with Crippen molar-refractivity contribution in [2.45, 2.75) is 223 Å². The lowest BCUT2D eigenvalue weighted by molar-refractivity contribution is -0.302. The van der Waals surface area contributed by atoms with Gasteiger partial charge in [-0.1, -0.05) is 148 Å². The maximum Gasteiger partial charge on any atom is 0.249 e. The Morgan fingerprint density at radius 1 is 0.660 bits per heavy atom. The van der Waals surface area contributed by atoms with Crippen LogP contribution in [0.15, 0.2) is 12.2 Å². The molecule has 8 atom stereocenters. The topological polar surface area (TPSA) is 169 Å². The first-order valence-corrected chi connectivity index (χ1v) is 20.5. The molecule has 50 heavy (non-hydrogen) atoms. The predicted molar refractivity (Wildman–Crippen MR) is 200 cm³/mol. The van der Waals surface area contributed by atoms with Gasteiger partial charge >= 0.3 is 0 Å². The van der Waals surface area contributed by atoms with Crippen LogP contribution >= 0.6 is 0 Å². The normalized spacial score (nSPS) is 22.9. The van der Waals surface area contributed by atoms with Crippen molar-refractivity contribution in [3.05, 3.63) is 12.2 Å². The first-order valence-electron chi connectivity index (χ1n) is 20.5. The number of ether oxygens (including phenoxy) is 2. The number of hydrogen-bond acceptors (Lipinski definition) is 9. The SMILES string of the molecule is CCCCCCCCC/C=C\CCCC[C@@H](O)[C@H](CO[C@@H]1O[C@H](CO)[C@@H](O)C(O)C1O)NC(=O)[C@H](O)CCCCCCCCCCCCCC. The van der Waals surface area contributed by atoms with E-state index in [9.17, 15) is 35.4 Å². The van der Waals surface area contributed by atoms with Crippen molar-refractivity contribution in [3.8, 4) is 0 Å². The van der Waals surface area contributed by atoms with Gasteiger partial charge in [-0.05, 0) is 38.5 Å². The van der Waals surface area contributed by atoms with Crippen molar-refractivity contribution < 1.29 is 44.9 Å². The van der Waals surface area contributed by atoms with Crippen LogP contribution in [0.1, 0.15) is 174 Å². The molecule has 0 aromatic rings. The van der Waals surface area contributed by atoms with E-state index >= 15 is 0 Å². The summed E-state index contributed by atoms with van der Waals surface area (Å²) in [4.78, 5) is 13.0. The highest BCUT2D eigenvalue weighted by atomic mass is 16.7. The van der Waals surface area contributed by atoms with Crippen LogP contribution in [-0.4, -0.2) is 98.7 Å². The minimum absolute atomic E-state index is 0.265. The van der Waals surface area contributed by atoms with Gasteiger partial charge in [-0.25, -0.2) is 0 Å². The van der Waals surface area contributed by atoms with Gasteiger partial charge in [-0.15, -0.1) is 0 Å². The molecule has 0 radical (unpaired) electrons. The molecule has 1 rings (SSSR count). The molecule has 0 aromatic heterocycles. The number of nitrogens with one attached hydrogen (secondary N) is 1. The van der Waals surface area contributed by atoms with Gasteiger partial charge in [0.15, 0.2) is 6.29 Å². The van der Waals surface area contributed by atoms with Gasteiger partial charge in [-0.3, -0.25) is 4.79 Å². The smallest absolute Gasteiger partial charge is 0.249 e. The van der Waals surface area contributed by atoms with E-state index in [4.69, 9.17) is 9.47 Å². The Morgan fingerprint density at radius 2 is 1.12 bits per heavy atom. The molecule has 0 bridgehead atoms. The molecule has 0 aliphatic carbocycles. The molecule has 2 unspecified atom stereocenters. The highest BCUT2D eigenvalue weighted by Crippen LogP contribution is 2.23. The van der Waals surface area contributed by atoms with Crippen LogP contribution in [0.5, 0.6) is 0 Å². The number of amides is 1. The summed E-state index contributed by atoms with van der Waals surface area (Å²) in [6, 6.07) is -0.903. The second-order valence-electron chi connectivity index (χ2n) is 14.6. The Hall–Kier alpha value is -1.11. The van der Waals surface area contributed by atoms with E-state index < -0.39 is 61.5 Å². The molecule has 0 saturated carbocycles. The lowest BCUT2D eigenvalue weighted by Gasteiger charge is -2.40. The third-order valence-electron chi connectivity index (χ3n) is 9.98. The fraction of sp³-hybridized carbons (Fsp3) is 0.925. The van der Waals surface area contributed by atoms with Gasteiger partial charge < -0.3 is 45.4 Å². The van der Waals surface area contributed by atoms with E-state index in [0.717, 1.165) is 51.4 Å². The molecular weight excluding hydrogens is 638 g/mol. The maximum absolute atomic E-state index is 13.0. The van der Waals surface area contributed by atoms with E-state index in [2.05, 4.69) is 31.3 Å². The molecule has 7 N–H and O–H groups in total. The zero-order valence-corrected chi connectivity index (χ0v) is 31.8. The number of aliphatic hydroxyl groups excluding tert-OH is 6.